The van der Waals surface area contributed by atoms with E-state index in [-0.39, 0.29) is 5.97 Å². The second-order valence-electron chi connectivity index (χ2n) is 3.69. The van der Waals surface area contributed by atoms with Crippen LogP contribution in [0.4, 0.5) is 0 Å². The Morgan fingerprint density at radius 3 is 2.94 bits per heavy atom. The molecular weight excluding hydrogens is 248 g/mol. The largest absolute Gasteiger partial charge is 0.465 e. The summed E-state index contributed by atoms with van der Waals surface area (Å²) in [6.45, 7) is 1.91. The molecule has 2 rings (SSSR count). The number of rotatable bonds is 2. The molecule has 90 valence electrons. The first-order valence-electron chi connectivity index (χ1n) is 5.19. The Labute approximate surface area is 108 Å². The molecule has 0 spiro atoms. The van der Waals surface area contributed by atoms with Gasteiger partial charge in [-0.15, -0.1) is 11.3 Å². The smallest absolute Gasteiger partial charge is 0.348 e. The molecule has 0 unspecified atom stereocenters. The van der Waals surface area contributed by atoms with Crippen LogP contribution in [-0.4, -0.2) is 18.1 Å². The topological polar surface area (TPSA) is 63.0 Å². The maximum atomic E-state index is 11.7. The third-order valence-electron chi connectivity index (χ3n) is 2.50. The van der Waals surface area contributed by atoms with Gasteiger partial charge in [0.1, 0.15) is 10.9 Å². The van der Waals surface area contributed by atoms with Crippen LogP contribution in [0.25, 0.3) is 11.1 Å². The van der Waals surface area contributed by atoms with Crippen molar-refractivity contribution in [2.75, 3.05) is 7.11 Å². The zero-order valence-corrected chi connectivity index (χ0v) is 10.7. The van der Waals surface area contributed by atoms with Gasteiger partial charge in [-0.2, -0.15) is 5.26 Å². The van der Waals surface area contributed by atoms with Gasteiger partial charge in [0.25, 0.3) is 0 Å². The molecule has 0 radical (unpaired) electrons. The molecule has 0 saturated carbocycles. The summed E-state index contributed by atoms with van der Waals surface area (Å²) in [5.74, 6) is -0.370. The van der Waals surface area contributed by atoms with Crippen LogP contribution in [-0.2, 0) is 4.74 Å². The van der Waals surface area contributed by atoms with Crippen LogP contribution in [0.1, 0.15) is 20.8 Å². The summed E-state index contributed by atoms with van der Waals surface area (Å²) in [6, 6.07) is 3.75. The van der Waals surface area contributed by atoms with Crippen molar-refractivity contribution in [3.8, 4) is 17.2 Å². The van der Waals surface area contributed by atoms with Gasteiger partial charge < -0.3 is 4.74 Å². The van der Waals surface area contributed by atoms with Gasteiger partial charge in [-0.05, 0) is 23.9 Å². The molecule has 0 fully saturated rings. The Bertz CT molecular complexity index is 641. The quantitative estimate of drug-likeness (QED) is 0.777. The van der Waals surface area contributed by atoms with E-state index in [1.807, 2.05) is 18.4 Å². The lowest BCUT2D eigenvalue weighted by Crippen LogP contribution is -2.00. The van der Waals surface area contributed by atoms with Crippen molar-refractivity contribution >= 4 is 17.3 Å². The Morgan fingerprint density at radius 1 is 1.50 bits per heavy atom. The summed E-state index contributed by atoms with van der Waals surface area (Å²) >= 11 is 1.33. The first kappa shape index (κ1) is 12.3. The van der Waals surface area contributed by atoms with Crippen LogP contribution < -0.4 is 0 Å². The summed E-state index contributed by atoms with van der Waals surface area (Å²) in [5, 5.41) is 10.8. The molecule has 5 heteroatoms. The second kappa shape index (κ2) is 4.98. The molecule has 18 heavy (non-hydrogen) atoms. The molecule has 0 saturated heterocycles. The van der Waals surface area contributed by atoms with E-state index in [9.17, 15) is 4.79 Å². The predicted molar refractivity (Wildman–Crippen MR) is 68.3 cm³/mol. The van der Waals surface area contributed by atoms with Crippen LogP contribution >= 0.6 is 11.3 Å². The monoisotopic (exact) mass is 258 g/mol. The number of nitriles is 1. The Hall–Kier alpha value is -2.19. The average molecular weight is 258 g/mol. The SMILES string of the molecule is COC(=O)c1scc(C)c1-c1cncc(C#N)c1. The van der Waals surface area contributed by atoms with E-state index in [1.165, 1.54) is 24.6 Å². The molecule has 0 aromatic carbocycles. The van der Waals surface area contributed by atoms with Gasteiger partial charge in [0.2, 0.25) is 0 Å². The average Bonchev–Trinajstić information content (AvgIpc) is 2.79. The van der Waals surface area contributed by atoms with Gasteiger partial charge in [0, 0.05) is 23.5 Å². The highest BCUT2D eigenvalue weighted by Crippen LogP contribution is 2.32. The zero-order valence-electron chi connectivity index (χ0n) is 9.93. The number of pyridine rings is 1. The van der Waals surface area contributed by atoms with E-state index in [2.05, 4.69) is 4.98 Å². The van der Waals surface area contributed by atoms with Crippen LogP contribution in [0.2, 0.25) is 0 Å². The minimum Gasteiger partial charge on any atom is -0.465 e. The van der Waals surface area contributed by atoms with Crippen molar-refractivity contribution in [1.29, 1.82) is 5.26 Å². The molecule has 2 aromatic rings. The fourth-order valence-corrected chi connectivity index (χ4v) is 2.67. The summed E-state index contributed by atoms with van der Waals surface area (Å²) in [6.07, 6.45) is 3.13. The van der Waals surface area contributed by atoms with E-state index in [0.717, 1.165) is 16.7 Å². The van der Waals surface area contributed by atoms with Crippen LogP contribution in [0.5, 0.6) is 0 Å². The molecule has 0 N–H and O–H groups in total. The first-order chi connectivity index (χ1) is 8.67. The summed E-state index contributed by atoms with van der Waals surface area (Å²) in [5.41, 5.74) is 2.98. The minimum absolute atomic E-state index is 0.370. The summed E-state index contributed by atoms with van der Waals surface area (Å²) in [4.78, 5) is 16.2. The van der Waals surface area contributed by atoms with Crippen LogP contribution in [0.15, 0.2) is 23.8 Å². The Balaban J connectivity index is 2.60. The number of methoxy groups -OCH3 is 1. The summed E-state index contributed by atoms with van der Waals surface area (Å²) in [7, 11) is 1.35. The third-order valence-corrected chi connectivity index (χ3v) is 3.58. The Morgan fingerprint density at radius 2 is 2.28 bits per heavy atom. The molecule has 0 aliphatic heterocycles. The molecule has 0 aliphatic rings. The number of hydrogen-bond donors (Lipinski definition) is 0. The fraction of sp³-hybridized carbons (Fsp3) is 0.154. The number of hydrogen-bond acceptors (Lipinski definition) is 5. The van der Waals surface area contributed by atoms with E-state index >= 15 is 0 Å². The van der Waals surface area contributed by atoms with Gasteiger partial charge in [0.05, 0.1) is 12.7 Å². The lowest BCUT2D eigenvalue weighted by molar-refractivity contribution is 0.0607. The van der Waals surface area contributed by atoms with E-state index in [0.29, 0.717) is 10.4 Å². The lowest BCUT2D eigenvalue weighted by atomic mass is 10.0. The molecule has 0 atom stereocenters. The van der Waals surface area contributed by atoms with E-state index < -0.39 is 0 Å². The predicted octanol–water partition coefficient (Wildman–Crippen LogP) is 2.78. The lowest BCUT2D eigenvalue weighted by Gasteiger charge is -2.04. The standard InChI is InChI=1S/C13H10N2O2S/c1-8-7-18-12(13(16)17-2)11(8)10-3-9(4-14)5-15-6-10/h3,5-7H,1-2H3. The normalized spacial score (nSPS) is 9.83. The summed E-state index contributed by atoms with van der Waals surface area (Å²) < 4.78 is 4.75. The van der Waals surface area contributed by atoms with Gasteiger partial charge in [-0.3, -0.25) is 4.98 Å². The van der Waals surface area contributed by atoms with Gasteiger partial charge in [-0.1, -0.05) is 0 Å². The number of nitrogens with zero attached hydrogens (tertiary/aromatic N) is 2. The van der Waals surface area contributed by atoms with Gasteiger partial charge >= 0.3 is 5.97 Å². The van der Waals surface area contributed by atoms with Crippen LogP contribution in [0, 0.1) is 18.3 Å². The fourth-order valence-electron chi connectivity index (χ4n) is 1.68. The molecule has 2 aromatic heterocycles. The first-order valence-corrected chi connectivity index (χ1v) is 6.07. The zero-order chi connectivity index (χ0) is 13.1. The number of carbonyl (C=O) groups excluding carboxylic acids is 1. The second-order valence-corrected chi connectivity index (χ2v) is 4.57. The molecular formula is C13H10N2O2S. The van der Waals surface area contributed by atoms with Crippen molar-refractivity contribution in [2.24, 2.45) is 0 Å². The number of carbonyl (C=O) groups is 1. The van der Waals surface area contributed by atoms with E-state index in [1.54, 1.807) is 12.3 Å². The number of esters is 1. The van der Waals surface area contributed by atoms with Crippen molar-refractivity contribution < 1.29 is 9.53 Å². The molecule has 0 aliphatic carbocycles. The maximum absolute atomic E-state index is 11.7. The number of ether oxygens (including phenoxy) is 1. The van der Waals surface area contributed by atoms with Crippen molar-refractivity contribution in [2.45, 2.75) is 6.92 Å². The number of aromatic nitrogens is 1. The number of thiophene rings is 1. The van der Waals surface area contributed by atoms with Crippen molar-refractivity contribution in [3.63, 3.8) is 0 Å². The molecule has 0 amide bonds. The highest BCUT2D eigenvalue weighted by molar-refractivity contribution is 7.12. The minimum atomic E-state index is -0.370. The highest BCUT2D eigenvalue weighted by Gasteiger charge is 2.18. The molecule has 4 nitrogen and oxygen atoms in total. The van der Waals surface area contributed by atoms with Crippen LogP contribution in [0.3, 0.4) is 0 Å². The molecule has 0 bridgehead atoms. The third kappa shape index (κ3) is 2.11. The Kier molecular flexibility index (Phi) is 3.40. The molecule has 2 heterocycles. The van der Waals surface area contributed by atoms with Gasteiger partial charge in [0.15, 0.2) is 0 Å². The van der Waals surface area contributed by atoms with Crippen molar-refractivity contribution in [3.05, 3.63) is 39.8 Å². The van der Waals surface area contributed by atoms with Crippen molar-refractivity contribution in [1.82, 2.24) is 4.98 Å². The van der Waals surface area contributed by atoms with E-state index in [4.69, 9.17) is 10.00 Å². The maximum Gasteiger partial charge on any atom is 0.348 e. The highest BCUT2D eigenvalue weighted by atomic mass is 32.1. The van der Waals surface area contributed by atoms with Gasteiger partial charge in [-0.25, -0.2) is 4.79 Å². The number of aryl methyl sites for hydroxylation is 1.